The lowest BCUT2D eigenvalue weighted by Crippen LogP contribution is -2.26. The summed E-state index contributed by atoms with van der Waals surface area (Å²) in [5.74, 6) is -2.02. The van der Waals surface area contributed by atoms with Crippen LogP contribution in [0.25, 0.3) is 0 Å². The van der Waals surface area contributed by atoms with Gasteiger partial charge in [-0.1, -0.05) is 13.0 Å². The molecular formula is C21H24N2O7S2. The van der Waals surface area contributed by atoms with Gasteiger partial charge < -0.3 is 14.8 Å². The number of benzene rings is 1. The van der Waals surface area contributed by atoms with Crippen LogP contribution in [0.4, 0.5) is 5.00 Å². The molecule has 9 nitrogen and oxygen atoms in total. The molecule has 32 heavy (non-hydrogen) atoms. The number of hydrogen-bond acceptors (Lipinski definition) is 8. The predicted molar refractivity (Wildman–Crippen MR) is 118 cm³/mol. The molecule has 2 aromatic rings. The molecule has 2 N–H and O–H groups in total. The first-order valence-electron chi connectivity index (χ1n) is 10.1. The van der Waals surface area contributed by atoms with Crippen molar-refractivity contribution in [1.82, 2.24) is 4.72 Å². The van der Waals surface area contributed by atoms with Gasteiger partial charge in [0.25, 0.3) is 5.91 Å². The first kappa shape index (κ1) is 23.9. The van der Waals surface area contributed by atoms with Crippen LogP contribution in [0, 0.1) is 0 Å². The van der Waals surface area contributed by atoms with Crippen LogP contribution in [-0.2, 0) is 30.7 Å². The van der Waals surface area contributed by atoms with E-state index in [4.69, 9.17) is 9.47 Å². The summed E-state index contributed by atoms with van der Waals surface area (Å²) >= 11 is 1.24. The summed E-state index contributed by atoms with van der Waals surface area (Å²) < 4.78 is 37.2. The van der Waals surface area contributed by atoms with Gasteiger partial charge in [0, 0.05) is 10.9 Å². The maximum Gasteiger partial charge on any atom is 0.341 e. The van der Waals surface area contributed by atoms with Gasteiger partial charge >= 0.3 is 11.9 Å². The Hall–Kier alpha value is -2.76. The molecule has 1 saturated carbocycles. The van der Waals surface area contributed by atoms with Crippen molar-refractivity contribution in [3.05, 3.63) is 46.3 Å². The molecule has 1 aromatic heterocycles. The normalized spacial score (nSPS) is 13.4. The second-order valence-corrected chi connectivity index (χ2v) is 9.93. The highest BCUT2D eigenvalue weighted by atomic mass is 32.2. The minimum atomic E-state index is -3.72. The Balaban J connectivity index is 1.62. The number of ether oxygens (including phenoxy) is 2. The molecule has 1 amide bonds. The smallest absolute Gasteiger partial charge is 0.341 e. The number of thiophene rings is 1. The summed E-state index contributed by atoms with van der Waals surface area (Å²) in [4.78, 5) is 37.6. The lowest BCUT2D eigenvalue weighted by Gasteiger charge is -2.09. The second-order valence-electron chi connectivity index (χ2n) is 7.08. The van der Waals surface area contributed by atoms with Crippen molar-refractivity contribution < 1.29 is 32.3 Å². The van der Waals surface area contributed by atoms with Crippen LogP contribution in [0.2, 0.25) is 0 Å². The quantitative estimate of drug-likeness (QED) is 0.501. The molecule has 1 aliphatic rings. The Labute approximate surface area is 190 Å². The fourth-order valence-corrected chi connectivity index (χ4v) is 5.08. The van der Waals surface area contributed by atoms with Crippen LogP contribution in [0.1, 0.15) is 52.3 Å². The average Bonchev–Trinajstić information content (AvgIpc) is 3.48. The van der Waals surface area contributed by atoms with Crippen LogP contribution in [-0.4, -0.2) is 45.5 Å². The standard InChI is InChI=1S/C21H24N2O7S2/c1-3-15-11-17(21(26)29-4-2)19(31-15)22-18(24)12-30-20(25)13-6-5-7-16(10-13)32(27,28)23-14-8-9-14/h5-7,10-11,14,23H,3-4,8-9,12H2,1-2H3,(H,22,24). The van der Waals surface area contributed by atoms with E-state index in [2.05, 4.69) is 10.0 Å². The zero-order chi connectivity index (χ0) is 23.3. The van der Waals surface area contributed by atoms with Crippen LogP contribution in [0.15, 0.2) is 35.2 Å². The number of hydrogen-bond donors (Lipinski definition) is 2. The van der Waals surface area contributed by atoms with Gasteiger partial charge in [-0.15, -0.1) is 11.3 Å². The van der Waals surface area contributed by atoms with E-state index in [1.54, 1.807) is 13.0 Å². The van der Waals surface area contributed by atoms with Gasteiger partial charge in [0.15, 0.2) is 6.61 Å². The molecule has 11 heteroatoms. The molecule has 0 aliphatic heterocycles. The van der Waals surface area contributed by atoms with Crippen LogP contribution >= 0.6 is 11.3 Å². The molecule has 0 spiro atoms. The monoisotopic (exact) mass is 480 g/mol. The van der Waals surface area contributed by atoms with Crippen molar-refractivity contribution in [3.8, 4) is 0 Å². The van der Waals surface area contributed by atoms with Crippen LogP contribution < -0.4 is 10.0 Å². The SMILES string of the molecule is CCOC(=O)c1cc(CC)sc1NC(=O)COC(=O)c1cccc(S(=O)(=O)NC2CC2)c1. The van der Waals surface area contributed by atoms with Gasteiger partial charge in [0.2, 0.25) is 10.0 Å². The largest absolute Gasteiger partial charge is 0.462 e. The van der Waals surface area contributed by atoms with E-state index >= 15 is 0 Å². The molecule has 1 aromatic carbocycles. The van der Waals surface area contributed by atoms with Gasteiger partial charge in [-0.3, -0.25) is 4.79 Å². The lowest BCUT2D eigenvalue weighted by atomic mass is 10.2. The number of carbonyl (C=O) groups excluding carboxylic acids is 3. The van der Waals surface area contributed by atoms with E-state index in [9.17, 15) is 22.8 Å². The number of sulfonamides is 1. The van der Waals surface area contributed by atoms with E-state index in [0.717, 1.165) is 17.7 Å². The highest BCUT2D eigenvalue weighted by Crippen LogP contribution is 2.29. The van der Waals surface area contributed by atoms with Gasteiger partial charge in [-0.2, -0.15) is 0 Å². The molecule has 1 heterocycles. The Bertz CT molecular complexity index is 1120. The predicted octanol–water partition coefficient (Wildman–Crippen LogP) is 2.72. The number of nitrogens with one attached hydrogen (secondary N) is 2. The third kappa shape index (κ3) is 6.15. The molecule has 0 bridgehead atoms. The second kappa shape index (κ2) is 10.2. The van der Waals surface area contributed by atoms with Gasteiger partial charge in [0.1, 0.15) is 5.00 Å². The maximum absolute atomic E-state index is 12.3. The zero-order valence-corrected chi connectivity index (χ0v) is 19.3. The third-order valence-corrected chi connectivity index (χ3v) is 7.21. The third-order valence-electron chi connectivity index (χ3n) is 4.49. The van der Waals surface area contributed by atoms with Crippen molar-refractivity contribution >= 4 is 44.2 Å². The Morgan fingerprint density at radius 2 is 1.84 bits per heavy atom. The highest BCUT2D eigenvalue weighted by Gasteiger charge is 2.28. The maximum atomic E-state index is 12.3. The Morgan fingerprint density at radius 1 is 1.09 bits per heavy atom. The van der Waals surface area contributed by atoms with Gasteiger partial charge in [-0.05, 0) is 50.5 Å². The van der Waals surface area contributed by atoms with E-state index < -0.39 is 34.5 Å². The van der Waals surface area contributed by atoms with Crippen LogP contribution in [0.5, 0.6) is 0 Å². The number of aryl methyl sites for hydroxylation is 1. The molecule has 1 aliphatic carbocycles. The van der Waals surface area contributed by atoms with E-state index in [-0.39, 0.29) is 28.7 Å². The number of amides is 1. The van der Waals surface area contributed by atoms with E-state index in [0.29, 0.717) is 11.4 Å². The molecule has 1 fully saturated rings. The number of anilines is 1. The number of rotatable bonds is 10. The Morgan fingerprint density at radius 3 is 2.50 bits per heavy atom. The number of carbonyl (C=O) groups is 3. The summed E-state index contributed by atoms with van der Waals surface area (Å²) in [7, 11) is -3.72. The fraction of sp³-hybridized carbons (Fsp3) is 0.381. The molecular weight excluding hydrogens is 456 g/mol. The highest BCUT2D eigenvalue weighted by molar-refractivity contribution is 7.89. The van der Waals surface area contributed by atoms with Crippen molar-refractivity contribution in [2.45, 2.75) is 44.0 Å². The molecule has 3 rings (SSSR count). The van der Waals surface area contributed by atoms with Crippen molar-refractivity contribution in [2.24, 2.45) is 0 Å². The molecule has 0 radical (unpaired) electrons. The molecule has 0 unspecified atom stereocenters. The molecule has 0 atom stereocenters. The average molecular weight is 481 g/mol. The summed E-state index contributed by atoms with van der Waals surface area (Å²) in [6.07, 6.45) is 2.26. The van der Waals surface area contributed by atoms with Crippen molar-refractivity contribution in [1.29, 1.82) is 0 Å². The minimum absolute atomic E-state index is 0.00748. The number of esters is 2. The molecule has 0 saturated heterocycles. The fourth-order valence-electron chi connectivity index (χ4n) is 2.73. The summed E-state index contributed by atoms with van der Waals surface area (Å²) in [5.41, 5.74) is 0.252. The summed E-state index contributed by atoms with van der Waals surface area (Å²) in [5, 5.41) is 2.89. The molecule has 172 valence electrons. The van der Waals surface area contributed by atoms with Crippen molar-refractivity contribution in [2.75, 3.05) is 18.5 Å². The van der Waals surface area contributed by atoms with Gasteiger partial charge in [0.05, 0.1) is 22.6 Å². The van der Waals surface area contributed by atoms with E-state index in [1.807, 2.05) is 6.92 Å². The van der Waals surface area contributed by atoms with Crippen molar-refractivity contribution in [3.63, 3.8) is 0 Å². The van der Waals surface area contributed by atoms with Crippen LogP contribution in [0.3, 0.4) is 0 Å². The minimum Gasteiger partial charge on any atom is -0.462 e. The zero-order valence-electron chi connectivity index (χ0n) is 17.7. The first-order valence-corrected chi connectivity index (χ1v) is 12.4. The summed E-state index contributed by atoms with van der Waals surface area (Å²) in [6, 6.07) is 7.02. The van der Waals surface area contributed by atoms with Gasteiger partial charge in [-0.25, -0.2) is 22.7 Å². The topological polar surface area (TPSA) is 128 Å². The lowest BCUT2D eigenvalue weighted by molar-refractivity contribution is -0.119. The first-order chi connectivity index (χ1) is 15.2. The summed E-state index contributed by atoms with van der Waals surface area (Å²) in [6.45, 7) is 3.21. The Kier molecular flexibility index (Phi) is 7.64. The van der Waals surface area contributed by atoms with E-state index in [1.165, 1.54) is 35.6 Å².